The Morgan fingerprint density at radius 1 is 1.18 bits per heavy atom. The molecule has 0 aliphatic heterocycles. The van der Waals surface area contributed by atoms with E-state index in [1.165, 1.54) is 25.5 Å². The molecule has 1 aliphatic carbocycles. The molecule has 0 spiro atoms. The first-order valence-electron chi connectivity index (χ1n) is 9.18. The van der Waals surface area contributed by atoms with Crippen LogP contribution in [0.3, 0.4) is 0 Å². The average Bonchev–Trinajstić information content (AvgIpc) is 2.97. The molecule has 0 radical (unpaired) electrons. The minimum absolute atomic E-state index is 0.0160. The zero-order valence-corrected chi connectivity index (χ0v) is 16.4. The van der Waals surface area contributed by atoms with Gasteiger partial charge in [0.1, 0.15) is 0 Å². The number of fused-ring (bicyclic) bond motifs is 1. The quantitative estimate of drug-likeness (QED) is 0.707. The van der Waals surface area contributed by atoms with Crippen LogP contribution in [0.5, 0.6) is 0 Å². The van der Waals surface area contributed by atoms with Crippen LogP contribution in [0.15, 0.2) is 60.0 Å². The summed E-state index contributed by atoms with van der Waals surface area (Å²) in [6.07, 6.45) is 3.47. The van der Waals surface area contributed by atoms with Crippen LogP contribution >= 0.6 is 0 Å². The maximum absolute atomic E-state index is 13.2. The van der Waals surface area contributed by atoms with Crippen molar-refractivity contribution in [1.29, 1.82) is 0 Å². The lowest BCUT2D eigenvalue weighted by molar-refractivity contribution is -0.114. The van der Waals surface area contributed by atoms with E-state index in [2.05, 4.69) is 16.9 Å². The number of amides is 1. The second-order valence-corrected chi connectivity index (χ2v) is 8.84. The van der Waals surface area contributed by atoms with Crippen LogP contribution in [0.4, 0.5) is 5.95 Å². The number of aromatic nitrogens is 2. The Morgan fingerprint density at radius 2 is 1.89 bits per heavy atom. The van der Waals surface area contributed by atoms with Gasteiger partial charge in [0.15, 0.2) is 0 Å². The molecular formula is C21H21N3O3S. The zero-order chi connectivity index (χ0) is 19.9. The van der Waals surface area contributed by atoms with Gasteiger partial charge in [0.05, 0.1) is 15.9 Å². The van der Waals surface area contributed by atoms with Gasteiger partial charge >= 0.3 is 0 Å². The van der Waals surface area contributed by atoms with Gasteiger partial charge in [-0.1, -0.05) is 37.3 Å². The average molecular weight is 395 g/mol. The molecule has 1 N–H and O–H groups in total. The Balaban J connectivity index is 1.88. The van der Waals surface area contributed by atoms with Gasteiger partial charge in [0.25, 0.3) is 10.0 Å². The number of anilines is 1. The van der Waals surface area contributed by atoms with Crippen molar-refractivity contribution < 1.29 is 13.2 Å². The van der Waals surface area contributed by atoms with Crippen LogP contribution in [0.2, 0.25) is 0 Å². The summed E-state index contributed by atoms with van der Waals surface area (Å²) in [5.74, 6) is 0.0686. The number of rotatable bonds is 5. The second kappa shape index (κ2) is 6.91. The van der Waals surface area contributed by atoms with Gasteiger partial charge in [-0.05, 0) is 54.2 Å². The van der Waals surface area contributed by atoms with E-state index in [-0.39, 0.29) is 16.8 Å². The molecule has 0 atom stereocenters. The first-order chi connectivity index (χ1) is 13.4. The number of nitrogens with one attached hydrogen (secondary N) is 1. The highest BCUT2D eigenvalue weighted by Crippen LogP contribution is 2.38. The van der Waals surface area contributed by atoms with Gasteiger partial charge in [0, 0.05) is 6.92 Å². The molecule has 144 valence electrons. The highest BCUT2D eigenvalue weighted by molar-refractivity contribution is 7.90. The lowest BCUT2D eigenvalue weighted by Gasteiger charge is -2.27. The molecule has 1 aliphatic rings. The highest BCUT2D eigenvalue weighted by Gasteiger charge is 2.26. The fourth-order valence-corrected chi connectivity index (χ4v) is 4.87. The summed E-state index contributed by atoms with van der Waals surface area (Å²) >= 11 is 0. The molecule has 1 amide bonds. The molecule has 1 saturated carbocycles. The lowest BCUT2D eigenvalue weighted by atomic mass is 9.78. The fourth-order valence-electron chi connectivity index (χ4n) is 3.43. The van der Waals surface area contributed by atoms with Gasteiger partial charge in [0.2, 0.25) is 11.9 Å². The summed E-state index contributed by atoms with van der Waals surface area (Å²) in [5.41, 5.74) is 2.92. The molecule has 0 unspecified atom stereocenters. The van der Waals surface area contributed by atoms with Crippen LogP contribution < -0.4 is 5.32 Å². The number of nitrogens with zero attached hydrogens (tertiary/aromatic N) is 2. The minimum Gasteiger partial charge on any atom is -0.295 e. The zero-order valence-electron chi connectivity index (χ0n) is 15.6. The maximum atomic E-state index is 13.2. The SMILES string of the molecule is C=C(c1ccc2c(c1)nc(NC(C)=O)n2S(=O)(=O)c1ccccc1)C1CCC1. The first kappa shape index (κ1) is 18.4. The molecule has 7 heteroatoms. The molecule has 3 aromatic rings. The number of carbonyl (C=O) groups is 1. The number of carbonyl (C=O) groups excluding carboxylic acids is 1. The molecule has 0 saturated heterocycles. The van der Waals surface area contributed by atoms with Gasteiger partial charge in [-0.15, -0.1) is 0 Å². The Labute approximate surface area is 164 Å². The molecule has 0 bridgehead atoms. The highest BCUT2D eigenvalue weighted by atomic mass is 32.2. The van der Waals surface area contributed by atoms with E-state index in [4.69, 9.17) is 0 Å². The fraction of sp³-hybridized carbons (Fsp3) is 0.238. The van der Waals surface area contributed by atoms with Crippen molar-refractivity contribution in [2.45, 2.75) is 31.1 Å². The van der Waals surface area contributed by atoms with E-state index in [1.54, 1.807) is 24.3 Å². The van der Waals surface area contributed by atoms with Crippen LogP contribution in [-0.4, -0.2) is 23.3 Å². The molecule has 1 aromatic heterocycles. The molecule has 1 heterocycles. The molecule has 28 heavy (non-hydrogen) atoms. The van der Waals surface area contributed by atoms with Crippen molar-refractivity contribution in [3.8, 4) is 0 Å². The van der Waals surface area contributed by atoms with Crippen LogP contribution in [0, 0.1) is 5.92 Å². The van der Waals surface area contributed by atoms with E-state index < -0.39 is 10.0 Å². The van der Waals surface area contributed by atoms with Gasteiger partial charge in [-0.2, -0.15) is 0 Å². The van der Waals surface area contributed by atoms with Crippen molar-refractivity contribution in [1.82, 2.24) is 8.96 Å². The Morgan fingerprint density at radius 3 is 2.50 bits per heavy atom. The molecule has 1 fully saturated rings. The van der Waals surface area contributed by atoms with Gasteiger partial charge < -0.3 is 0 Å². The summed E-state index contributed by atoms with van der Waals surface area (Å²) in [7, 11) is -3.92. The van der Waals surface area contributed by atoms with Crippen LogP contribution in [-0.2, 0) is 14.8 Å². The third kappa shape index (κ3) is 3.11. The summed E-state index contributed by atoms with van der Waals surface area (Å²) in [6, 6.07) is 13.6. The van der Waals surface area contributed by atoms with Crippen LogP contribution in [0.1, 0.15) is 31.7 Å². The normalized spacial score (nSPS) is 14.6. The third-order valence-corrected chi connectivity index (χ3v) is 6.87. The monoisotopic (exact) mass is 395 g/mol. The van der Waals surface area contributed by atoms with E-state index in [9.17, 15) is 13.2 Å². The number of imidazole rings is 1. The standard InChI is InChI=1S/C21H21N3O3S/c1-14(16-7-6-8-16)17-11-12-20-19(13-17)23-21(22-15(2)25)24(20)28(26,27)18-9-4-3-5-10-18/h3-5,9-13,16H,1,6-8H2,2H3,(H,22,23,25). The maximum Gasteiger partial charge on any atom is 0.271 e. The number of benzene rings is 2. The predicted octanol–water partition coefficient (Wildman–Crippen LogP) is 4.05. The first-order valence-corrected chi connectivity index (χ1v) is 10.6. The van der Waals surface area contributed by atoms with E-state index in [0.29, 0.717) is 17.0 Å². The largest absolute Gasteiger partial charge is 0.295 e. The van der Waals surface area contributed by atoms with Crippen molar-refractivity contribution in [3.05, 3.63) is 60.7 Å². The van der Waals surface area contributed by atoms with Crippen LogP contribution in [0.25, 0.3) is 16.6 Å². The van der Waals surface area contributed by atoms with E-state index >= 15 is 0 Å². The van der Waals surface area contributed by atoms with Crippen molar-refractivity contribution in [2.24, 2.45) is 5.92 Å². The molecule has 4 rings (SSSR count). The number of hydrogen-bond donors (Lipinski definition) is 1. The Hall–Kier alpha value is -2.93. The molecule has 6 nitrogen and oxygen atoms in total. The topological polar surface area (TPSA) is 81.1 Å². The van der Waals surface area contributed by atoms with Crippen molar-refractivity contribution in [3.63, 3.8) is 0 Å². The van der Waals surface area contributed by atoms with Crippen molar-refractivity contribution >= 4 is 38.5 Å². The number of hydrogen-bond acceptors (Lipinski definition) is 4. The second-order valence-electron chi connectivity index (χ2n) is 7.06. The summed E-state index contributed by atoms with van der Waals surface area (Å²) in [5, 5.41) is 2.54. The summed E-state index contributed by atoms with van der Waals surface area (Å²) in [4.78, 5) is 16.2. The predicted molar refractivity (Wildman–Crippen MR) is 109 cm³/mol. The van der Waals surface area contributed by atoms with E-state index in [1.807, 2.05) is 12.1 Å². The molecular weight excluding hydrogens is 374 g/mol. The number of allylic oxidation sites excluding steroid dienone is 1. The third-order valence-electron chi connectivity index (χ3n) is 5.15. The minimum atomic E-state index is -3.92. The Kier molecular flexibility index (Phi) is 4.55. The molecule has 2 aromatic carbocycles. The summed E-state index contributed by atoms with van der Waals surface area (Å²) < 4.78 is 27.6. The van der Waals surface area contributed by atoms with Crippen molar-refractivity contribution in [2.75, 3.05) is 5.32 Å². The van der Waals surface area contributed by atoms with Gasteiger partial charge in [-0.3, -0.25) is 10.1 Å². The van der Waals surface area contributed by atoms with E-state index in [0.717, 1.165) is 28.0 Å². The smallest absolute Gasteiger partial charge is 0.271 e. The Bertz CT molecular complexity index is 1180. The lowest BCUT2D eigenvalue weighted by Crippen LogP contribution is -2.18. The summed E-state index contributed by atoms with van der Waals surface area (Å²) in [6.45, 7) is 5.53. The van der Waals surface area contributed by atoms with Gasteiger partial charge in [-0.25, -0.2) is 17.4 Å².